The molecule has 0 saturated heterocycles. The minimum absolute atomic E-state index is 0.491. The highest BCUT2D eigenvalue weighted by Crippen LogP contribution is 2.35. The zero-order valence-corrected chi connectivity index (χ0v) is 10.6. The van der Waals surface area contributed by atoms with E-state index >= 15 is 0 Å². The van der Waals surface area contributed by atoms with Gasteiger partial charge in [-0.2, -0.15) is 0 Å². The molecule has 0 amide bonds. The fourth-order valence-electron chi connectivity index (χ4n) is 2.46. The Morgan fingerprint density at radius 3 is 2.40 bits per heavy atom. The summed E-state index contributed by atoms with van der Waals surface area (Å²) in [4.78, 5) is 0. The quantitative estimate of drug-likeness (QED) is 0.708. The van der Waals surface area contributed by atoms with Gasteiger partial charge in [0, 0.05) is 12.1 Å². The lowest BCUT2D eigenvalue weighted by Gasteiger charge is -2.36. The molecule has 2 nitrogen and oxygen atoms in total. The van der Waals surface area contributed by atoms with Crippen molar-refractivity contribution in [3.05, 3.63) is 0 Å². The fraction of sp³-hybridized carbons (Fsp3) is 0.917. The highest BCUT2D eigenvalue weighted by Gasteiger charge is 2.29. The van der Waals surface area contributed by atoms with Crippen LogP contribution in [0.1, 0.15) is 52.4 Å². The van der Waals surface area contributed by atoms with Crippen molar-refractivity contribution in [3.63, 3.8) is 0 Å². The van der Waals surface area contributed by atoms with Gasteiger partial charge in [0.25, 0.3) is 0 Å². The van der Waals surface area contributed by atoms with Gasteiger partial charge in [-0.15, -0.1) is 0 Å². The first kappa shape index (κ1) is 11.2. The molecular weight excluding hydrogens is 204 g/mol. The molecule has 2 aliphatic rings. The van der Waals surface area contributed by atoms with Gasteiger partial charge in [0.2, 0.25) is 0 Å². The molecule has 86 valence electrons. The van der Waals surface area contributed by atoms with E-state index in [0.717, 1.165) is 5.11 Å². The summed E-state index contributed by atoms with van der Waals surface area (Å²) in [6.07, 6.45) is 7.79. The van der Waals surface area contributed by atoms with E-state index in [1.165, 1.54) is 38.5 Å². The number of nitrogens with one attached hydrogen (secondary N) is 2. The lowest BCUT2D eigenvalue weighted by molar-refractivity contribution is 0.210. The van der Waals surface area contributed by atoms with Gasteiger partial charge in [0.15, 0.2) is 5.11 Å². The maximum Gasteiger partial charge on any atom is 0.166 e. The predicted molar refractivity (Wildman–Crippen MR) is 67.9 cm³/mol. The van der Waals surface area contributed by atoms with Crippen LogP contribution >= 0.6 is 12.2 Å². The van der Waals surface area contributed by atoms with Crippen LogP contribution in [0.4, 0.5) is 0 Å². The van der Waals surface area contributed by atoms with E-state index < -0.39 is 0 Å². The van der Waals surface area contributed by atoms with Crippen LogP contribution in [0.15, 0.2) is 0 Å². The summed E-state index contributed by atoms with van der Waals surface area (Å²) in [5, 5.41) is 7.69. The largest absolute Gasteiger partial charge is 0.360 e. The van der Waals surface area contributed by atoms with Gasteiger partial charge in [-0.3, -0.25) is 0 Å². The molecule has 2 rings (SSSR count). The summed E-state index contributed by atoms with van der Waals surface area (Å²) >= 11 is 5.30. The van der Waals surface area contributed by atoms with Crippen molar-refractivity contribution in [2.24, 2.45) is 5.41 Å². The average Bonchev–Trinajstić information content (AvgIpc) is 2.85. The van der Waals surface area contributed by atoms with E-state index in [2.05, 4.69) is 24.5 Å². The van der Waals surface area contributed by atoms with Crippen LogP contribution in [-0.4, -0.2) is 17.2 Å². The van der Waals surface area contributed by atoms with E-state index in [1.54, 1.807) is 0 Å². The summed E-state index contributed by atoms with van der Waals surface area (Å²) in [6, 6.07) is 1.26. The average molecular weight is 226 g/mol. The highest BCUT2D eigenvalue weighted by atomic mass is 32.1. The van der Waals surface area contributed by atoms with Crippen molar-refractivity contribution in [1.82, 2.24) is 10.6 Å². The number of hydrogen-bond donors (Lipinski definition) is 2. The van der Waals surface area contributed by atoms with Crippen LogP contribution in [0.25, 0.3) is 0 Å². The van der Waals surface area contributed by atoms with Crippen molar-refractivity contribution < 1.29 is 0 Å². The Hall–Kier alpha value is -0.310. The molecule has 2 N–H and O–H groups in total. The minimum atomic E-state index is 0.491. The van der Waals surface area contributed by atoms with E-state index in [0.29, 0.717) is 17.5 Å². The fourth-order valence-corrected chi connectivity index (χ4v) is 2.79. The van der Waals surface area contributed by atoms with E-state index in [-0.39, 0.29) is 0 Å². The smallest absolute Gasteiger partial charge is 0.166 e. The number of rotatable bonds is 2. The number of hydrogen-bond acceptors (Lipinski definition) is 1. The summed E-state index contributed by atoms with van der Waals surface area (Å²) in [6.45, 7) is 4.72. The summed E-state index contributed by atoms with van der Waals surface area (Å²) in [5.41, 5.74) is 0.491. The molecule has 2 saturated carbocycles. The van der Waals surface area contributed by atoms with E-state index in [4.69, 9.17) is 12.2 Å². The van der Waals surface area contributed by atoms with Gasteiger partial charge < -0.3 is 10.6 Å². The zero-order chi connectivity index (χ0) is 10.9. The Morgan fingerprint density at radius 1 is 1.13 bits per heavy atom. The van der Waals surface area contributed by atoms with Gasteiger partial charge in [-0.25, -0.2) is 0 Å². The van der Waals surface area contributed by atoms with E-state index in [1.807, 2.05) is 0 Å². The highest BCUT2D eigenvalue weighted by molar-refractivity contribution is 7.80. The topological polar surface area (TPSA) is 24.1 Å². The maximum absolute atomic E-state index is 5.30. The summed E-state index contributed by atoms with van der Waals surface area (Å²) in [5.74, 6) is 0. The molecule has 0 heterocycles. The van der Waals surface area contributed by atoms with Crippen LogP contribution in [0.5, 0.6) is 0 Å². The molecule has 3 heteroatoms. The molecule has 1 unspecified atom stereocenters. The number of thiocarbonyl (C=S) groups is 1. The van der Waals surface area contributed by atoms with Crippen molar-refractivity contribution in [1.29, 1.82) is 0 Å². The zero-order valence-electron chi connectivity index (χ0n) is 9.81. The van der Waals surface area contributed by atoms with Gasteiger partial charge >= 0.3 is 0 Å². The third-order valence-electron chi connectivity index (χ3n) is 3.45. The second-order valence-corrected chi connectivity index (χ2v) is 6.26. The monoisotopic (exact) mass is 226 g/mol. The minimum Gasteiger partial charge on any atom is -0.360 e. The predicted octanol–water partition coefficient (Wildman–Crippen LogP) is 2.58. The first-order chi connectivity index (χ1) is 7.05. The molecule has 0 radical (unpaired) electrons. The van der Waals surface area contributed by atoms with E-state index in [9.17, 15) is 0 Å². The van der Waals surface area contributed by atoms with Crippen LogP contribution in [-0.2, 0) is 0 Å². The van der Waals surface area contributed by atoms with Crippen molar-refractivity contribution in [2.75, 3.05) is 0 Å². The molecule has 2 fully saturated rings. The lowest BCUT2D eigenvalue weighted by atomic mass is 9.75. The molecule has 2 aliphatic carbocycles. The Labute approximate surface area is 98.2 Å². The van der Waals surface area contributed by atoms with Gasteiger partial charge in [0.1, 0.15) is 0 Å². The molecule has 0 aliphatic heterocycles. The van der Waals surface area contributed by atoms with Crippen LogP contribution in [0.2, 0.25) is 0 Å². The maximum atomic E-state index is 5.30. The summed E-state index contributed by atoms with van der Waals surface area (Å²) < 4.78 is 0. The normalized spacial score (nSPS) is 29.6. The van der Waals surface area contributed by atoms with Crippen LogP contribution < -0.4 is 10.6 Å². The molecular formula is C12H22N2S. The Morgan fingerprint density at radius 2 is 1.80 bits per heavy atom. The van der Waals surface area contributed by atoms with Gasteiger partial charge in [-0.1, -0.05) is 20.3 Å². The molecule has 0 spiro atoms. The van der Waals surface area contributed by atoms with Crippen LogP contribution in [0.3, 0.4) is 0 Å². The second kappa shape index (κ2) is 4.28. The molecule has 0 bridgehead atoms. The third-order valence-corrected chi connectivity index (χ3v) is 3.69. The second-order valence-electron chi connectivity index (χ2n) is 5.85. The molecule has 1 atom stereocenters. The van der Waals surface area contributed by atoms with Crippen LogP contribution in [0, 0.1) is 5.41 Å². The summed E-state index contributed by atoms with van der Waals surface area (Å²) in [7, 11) is 0. The first-order valence-electron chi connectivity index (χ1n) is 6.12. The third kappa shape index (κ3) is 3.63. The molecule has 0 aromatic carbocycles. The Bertz CT molecular complexity index is 246. The lowest BCUT2D eigenvalue weighted by Crippen LogP contribution is -2.45. The Balaban J connectivity index is 1.75. The van der Waals surface area contributed by atoms with Crippen molar-refractivity contribution >= 4 is 17.3 Å². The Kier molecular flexibility index (Phi) is 3.19. The molecule has 0 aromatic rings. The van der Waals surface area contributed by atoms with Gasteiger partial charge in [0.05, 0.1) is 0 Å². The van der Waals surface area contributed by atoms with Crippen molar-refractivity contribution in [2.45, 2.75) is 64.5 Å². The van der Waals surface area contributed by atoms with Gasteiger partial charge in [-0.05, 0) is 49.7 Å². The first-order valence-corrected chi connectivity index (χ1v) is 6.53. The molecule has 15 heavy (non-hydrogen) atoms. The molecule has 0 aromatic heterocycles. The van der Waals surface area contributed by atoms with Crippen molar-refractivity contribution in [3.8, 4) is 0 Å². The standard InChI is InChI=1S/C12H22N2S/c1-12(2)7-3-4-10(8-12)14-11(15)13-9-5-6-9/h9-10H,3-8H2,1-2H3,(H2,13,14,15). The SMILES string of the molecule is CC1(C)CCCC(NC(=S)NC2CC2)C1.